The molecule has 6 heteroatoms. The first-order chi connectivity index (χ1) is 14.6. The molecule has 30 heavy (non-hydrogen) atoms. The van der Waals surface area contributed by atoms with Crippen molar-refractivity contribution in [2.45, 2.75) is 20.4 Å². The third-order valence-corrected chi connectivity index (χ3v) is 5.70. The molecule has 0 saturated carbocycles. The number of aromatic hydroxyl groups is 1. The van der Waals surface area contributed by atoms with Crippen molar-refractivity contribution in [3.63, 3.8) is 0 Å². The molecule has 0 amide bonds. The number of rotatable bonds is 6. The van der Waals surface area contributed by atoms with Crippen LogP contribution >= 0.6 is 0 Å². The van der Waals surface area contributed by atoms with Crippen molar-refractivity contribution in [3.8, 4) is 17.2 Å². The number of phenols is 1. The molecule has 2 heterocycles. The number of ketones is 1. The van der Waals surface area contributed by atoms with Crippen molar-refractivity contribution in [1.82, 2.24) is 9.80 Å². The van der Waals surface area contributed by atoms with Gasteiger partial charge in [-0.3, -0.25) is 9.69 Å². The van der Waals surface area contributed by atoms with Crippen LogP contribution < -0.4 is 9.47 Å². The molecule has 2 aromatic carbocycles. The number of nitrogens with zero attached hydrogens (tertiary/aromatic N) is 2. The highest BCUT2D eigenvalue weighted by Gasteiger charge is 2.32. The van der Waals surface area contributed by atoms with E-state index in [4.69, 9.17) is 9.47 Å². The monoisotopic (exact) mass is 408 g/mol. The van der Waals surface area contributed by atoms with Crippen LogP contribution in [0.4, 0.5) is 0 Å². The molecular weight excluding hydrogens is 380 g/mol. The maximum Gasteiger partial charge on any atom is 0.231 e. The molecule has 0 unspecified atom stereocenters. The zero-order chi connectivity index (χ0) is 21.1. The van der Waals surface area contributed by atoms with Crippen LogP contribution in [0.5, 0.6) is 17.2 Å². The molecule has 2 aromatic rings. The Morgan fingerprint density at radius 2 is 1.73 bits per heavy atom. The third kappa shape index (κ3) is 4.20. The standard InChI is InChI=1S/C24H28N2O4/c1-3-25-11-13-26(14-12-25)16-20-21(27)10-9-19-23(28)22(30-24(19)20)15-17-5-7-18(8-6-17)29-4-2/h5-10,15,27H,3-4,11-14,16H2,1-2H3/b22-15-. The molecule has 0 aliphatic carbocycles. The summed E-state index contributed by atoms with van der Waals surface area (Å²) in [6.07, 6.45) is 1.74. The quantitative estimate of drug-likeness (QED) is 0.738. The third-order valence-electron chi connectivity index (χ3n) is 5.70. The van der Waals surface area contributed by atoms with E-state index < -0.39 is 0 Å². The summed E-state index contributed by atoms with van der Waals surface area (Å²) in [7, 11) is 0. The van der Waals surface area contributed by atoms with Gasteiger partial charge in [-0.1, -0.05) is 19.1 Å². The lowest BCUT2D eigenvalue weighted by Gasteiger charge is -2.34. The summed E-state index contributed by atoms with van der Waals surface area (Å²) in [4.78, 5) is 17.6. The van der Waals surface area contributed by atoms with E-state index in [2.05, 4.69) is 16.7 Å². The Bertz CT molecular complexity index is 944. The normalized spacial score (nSPS) is 18.5. The van der Waals surface area contributed by atoms with Crippen LogP contribution in [0.1, 0.15) is 35.3 Å². The maximum atomic E-state index is 12.9. The van der Waals surface area contributed by atoms with Crippen LogP contribution in [0, 0.1) is 0 Å². The lowest BCUT2D eigenvalue weighted by atomic mass is 10.0. The lowest BCUT2D eigenvalue weighted by molar-refractivity contribution is 0.101. The van der Waals surface area contributed by atoms with E-state index >= 15 is 0 Å². The average molecular weight is 408 g/mol. The van der Waals surface area contributed by atoms with Crippen LogP contribution in [0.25, 0.3) is 6.08 Å². The van der Waals surface area contributed by atoms with Crippen LogP contribution in [0.3, 0.4) is 0 Å². The fourth-order valence-electron chi connectivity index (χ4n) is 3.92. The summed E-state index contributed by atoms with van der Waals surface area (Å²) in [5.74, 6) is 1.56. The zero-order valence-electron chi connectivity index (χ0n) is 17.6. The molecule has 0 aromatic heterocycles. The van der Waals surface area contributed by atoms with Crippen molar-refractivity contribution < 1.29 is 19.4 Å². The first-order valence-corrected chi connectivity index (χ1v) is 10.6. The van der Waals surface area contributed by atoms with Crippen LogP contribution in [-0.4, -0.2) is 60.0 Å². The van der Waals surface area contributed by atoms with E-state index in [9.17, 15) is 9.90 Å². The minimum absolute atomic E-state index is 0.157. The number of hydrogen-bond donors (Lipinski definition) is 1. The van der Waals surface area contributed by atoms with Crippen molar-refractivity contribution in [2.24, 2.45) is 0 Å². The Morgan fingerprint density at radius 1 is 1.03 bits per heavy atom. The van der Waals surface area contributed by atoms with Crippen molar-refractivity contribution in [1.29, 1.82) is 0 Å². The number of piperazine rings is 1. The van der Waals surface area contributed by atoms with Gasteiger partial charge in [0, 0.05) is 32.7 Å². The molecule has 6 nitrogen and oxygen atoms in total. The lowest BCUT2D eigenvalue weighted by Crippen LogP contribution is -2.45. The minimum atomic E-state index is -0.157. The average Bonchev–Trinajstić information content (AvgIpc) is 3.08. The number of Topliss-reactive ketones (excluding diaryl/α,β-unsaturated/α-hetero) is 1. The summed E-state index contributed by atoms with van der Waals surface area (Å²) in [5, 5.41) is 10.5. The first-order valence-electron chi connectivity index (χ1n) is 10.6. The molecule has 158 valence electrons. The number of carbonyl (C=O) groups is 1. The SMILES string of the molecule is CCOc1ccc(/C=C2\Oc3c(ccc(O)c3CN3CCN(CC)CC3)C2=O)cc1. The van der Waals surface area contributed by atoms with Crippen LogP contribution in [0.15, 0.2) is 42.2 Å². The highest BCUT2D eigenvalue weighted by atomic mass is 16.5. The smallest absolute Gasteiger partial charge is 0.231 e. The molecular formula is C24H28N2O4. The number of benzene rings is 2. The summed E-state index contributed by atoms with van der Waals surface area (Å²) < 4.78 is 11.4. The Hall–Kier alpha value is -2.83. The molecule has 1 saturated heterocycles. The van der Waals surface area contributed by atoms with Gasteiger partial charge in [0.1, 0.15) is 17.2 Å². The zero-order valence-corrected chi connectivity index (χ0v) is 17.6. The van der Waals surface area contributed by atoms with Gasteiger partial charge in [-0.25, -0.2) is 0 Å². The number of allylic oxidation sites excluding steroid dienone is 1. The van der Waals surface area contributed by atoms with Crippen molar-refractivity contribution >= 4 is 11.9 Å². The summed E-state index contributed by atoms with van der Waals surface area (Å²) >= 11 is 0. The predicted molar refractivity (Wildman–Crippen MR) is 116 cm³/mol. The summed E-state index contributed by atoms with van der Waals surface area (Å²) in [6.45, 7) is 10.2. The van der Waals surface area contributed by atoms with Gasteiger partial charge in [-0.15, -0.1) is 0 Å². The molecule has 1 fully saturated rings. The number of likely N-dealkylation sites (N-methyl/N-ethyl adjacent to an activating group) is 1. The van der Waals surface area contributed by atoms with Gasteiger partial charge >= 0.3 is 0 Å². The van der Waals surface area contributed by atoms with Gasteiger partial charge in [0.25, 0.3) is 0 Å². The van der Waals surface area contributed by atoms with E-state index in [1.807, 2.05) is 31.2 Å². The molecule has 1 N–H and O–H groups in total. The van der Waals surface area contributed by atoms with Gasteiger partial charge in [-0.2, -0.15) is 0 Å². The second-order valence-corrected chi connectivity index (χ2v) is 7.59. The highest BCUT2D eigenvalue weighted by Crippen LogP contribution is 2.40. The second kappa shape index (κ2) is 8.90. The molecule has 0 bridgehead atoms. The van der Waals surface area contributed by atoms with Crippen LogP contribution in [-0.2, 0) is 6.54 Å². The summed E-state index contributed by atoms with van der Waals surface area (Å²) in [5.41, 5.74) is 2.05. The largest absolute Gasteiger partial charge is 0.507 e. The Labute approximate surface area is 177 Å². The predicted octanol–water partition coefficient (Wildman–Crippen LogP) is 3.54. The van der Waals surface area contributed by atoms with Gasteiger partial charge in [0.15, 0.2) is 5.76 Å². The highest BCUT2D eigenvalue weighted by molar-refractivity contribution is 6.15. The molecule has 0 atom stereocenters. The Morgan fingerprint density at radius 3 is 2.40 bits per heavy atom. The van der Waals surface area contributed by atoms with E-state index in [0.29, 0.717) is 30.0 Å². The molecule has 2 aliphatic heterocycles. The number of carbonyl (C=O) groups excluding carboxylic acids is 1. The van der Waals surface area contributed by atoms with Gasteiger partial charge in [-0.05, 0) is 49.4 Å². The van der Waals surface area contributed by atoms with E-state index in [1.165, 1.54) is 0 Å². The van der Waals surface area contributed by atoms with Gasteiger partial charge < -0.3 is 19.5 Å². The number of fused-ring (bicyclic) bond motifs is 1. The Kier molecular flexibility index (Phi) is 6.06. The van der Waals surface area contributed by atoms with E-state index in [0.717, 1.165) is 44.0 Å². The van der Waals surface area contributed by atoms with Gasteiger partial charge in [0.2, 0.25) is 5.78 Å². The second-order valence-electron chi connectivity index (χ2n) is 7.59. The molecule has 0 spiro atoms. The molecule has 4 rings (SSSR count). The molecule has 2 aliphatic rings. The fourth-order valence-corrected chi connectivity index (χ4v) is 3.92. The van der Waals surface area contributed by atoms with Crippen LogP contribution in [0.2, 0.25) is 0 Å². The maximum absolute atomic E-state index is 12.9. The van der Waals surface area contributed by atoms with Gasteiger partial charge in [0.05, 0.1) is 17.7 Å². The topological polar surface area (TPSA) is 62.2 Å². The summed E-state index contributed by atoms with van der Waals surface area (Å²) in [6, 6.07) is 10.8. The van der Waals surface area contributed by atoms with E-state index in [1.54, 1.807) is 18.2 Å². The molecule has 0 radical (unpaired) electrons. The number of ether oxygens (including phenoxy) is 2. The first kappa shape index (κ1) is 20.4. The van der Waals surface area contributed by atoms with Crippen molar-refractivity contribution in [2.75, 3.05) is 39.3 Å². The Balaban J connectivity index is 1.54. The number of hydrogen-bond acceptors (Lipinski definition) is 6. The van der Waals surface area contributed by atoms with E-state index in [-0.39, 0.29) is 17.3 Å². The number of phenolic OH excluding ortho intramolecular Hbond substituents is 1. The minimum Gasteiger partial charge on any atom is -0.507 e. The van der Waals surface area contributed by atoms with Crippen molar-refractivity contribution in [3.05, 3.63) is 58.8 Å². The fraction of sp³-hybridized carbons (Fsp3) is 0.375.